The Labute approximate surface area is 211 Å². The second-order valence-corrected chi connectivity index (χ2v) is 9.99. The Bertz CT molecular complexity index is 1240. The Hall–Kier alpha value is -3.45. The second-order valence-electron chi connectivity index (χ2n) is 9.99. The minimum Gasteiger partial charge on any atom is -0.469 e. The quantitative estimate of drug-likeness (QED) is 0.435. The van der Waals surface area contributed by atoms with Crippen LogP contribution in [-0.4, -0.2) is 36.2 Å². The largest absolute Gasteiger partial charge is 0.469 e. The molecule has 0 spiro atoms. The van der Waals surface area contributed by atoms with E-state index in [2.05, 4.69) is 34.6 Å². The summed E-state index contributed by atoms with van der Waals surface area (Å²) in [6.07, 6.45) is 4.78. The van der Waals surface area contributed by atoms with Crippen molar-refractivity contribution in [2.75, 3.05) is 19.0 Å². The summed E-state index contributed by atoms with van der Waals surface area (Å²) in [5.41, 5.74) is 4.43. The molecular weight excluding hydrogens is 456 g/mol. The van der Waals surface area contributed by atoms with E-state index >= 15 is 0 Å². The highest BCUT2D eigenvalue weighted by Gasteiger charge is 2.51. The summed E-state index contributed by atoms with van der Waals surface area (Å²) in [5.74, 6) is 0.319. The number of anilines is 1. The Morgan fingerprint density at radius 2 is 1.64 bits per heavy atom. The van der Waals surface area contributed by atoms with Crippen LogP contribution in [0.15, 0.2) is 52.9 Å². The molecule has 2 aromatic carbocycles. The van der Waals surface area contributed by atoms with Crippen molar-refractivity contribution >= 4 is 17.6 Å². The Morgan fingerprint density at radius 3 is 2.17 bits per heavy atom. The van der Waals surface area contributed by atoms with Crippen molar-refractivity contribution < 1.29 is 23.5 Å². The lowest BCUT2D eigenvalue weighted by molar-refractivity contribution is -0.176. The molecule has 3 aliphatic rings. The van der Waals surface area contributed by atoms with Crippen molar-refractivity contribution in [3.8, 4) is 11.1 Å². The highest BCUT2D eigenvalue weighted by atomic mass is 16.5. The maximum atomic E-state index is 12.6. The summed E-state index contributed by atoms with van der Waals surface area (Å²) in [6.45, 7) is 4.35. The first-order valence-electron chi connectivity index (χ1n) is 12.5. The Kier molecular flexibility index (Phi) is 6.43. The molecule has 2 bridgehead atoms. The third kappa shape index (κ3) is 4.55. The molecule has 36 heavy (non-hydrogen) atoms. The molecule has 7 nitrogen and oxygen atoms in total. The molecule has 7 heteroatoms. The fraction of sp³-hybridized carbons (Fsp3) is 0.414. The minimum atomic E-state index is -0.351. The molecule has 3 aromatic rings. The number of oxazole rings is 1. The summed E-state index contributed by atoms with van der Waals surface area (Å²) < 4.78 is 16.7. The van der Waals surface area contributed by atoms with Gasteiger partial charge in [0.1, 0.15) is 0 Å². The van der Waals surface area contributed by atoms with Crippen molar-refractivity contribution in [2.24, 2.45) is 0 Å². The maximum absolute atomic E-state index is 12.6. The zero-order valence-corrected chi connectivity index (χ0v) is 21.1. The van der Waals surface area contributed by atoms with Gasteiger partial charge in [0.25, 0.3) is 5.91 Å². The van der Waals surface area contributed by atoms with Crippen LogP contribution < -0.4 is 5.32 Å². The number of ether oxygens (including phenoxy) is 2. The average Bonchev–Trinajstić information content (AvgIpc) is 3.31. The molecule has 188 valence electrons. The first-order valence-corrected chi connectivity index (χ1v) is 12.5. The fourth-order valence-electron chi connectivity index (χ4n) is 5.46. The summed E-state index contributed by atoms with van der Waals surface area (Å²) in [5, 5.41) is 2.89. The van der Waals surface area contributed by atoms with Crippen LogP contribution in [0.5, 0.6) is 0 Å². The van der Waals surface area contributed by atoms with E-state index in [0.29, 0.717) is 36.7 Å². The normalized spacial score (nSPS) is 22.9. The van der Waals surface area contributed by atoms with Gasteiger partial charge in [0.15, 0.2) is 5.89 Å². The van der Waals surface area contributed by atoms with Gasteiger partial charge in [0, 0.05) is 17.5 Å². The lowest BCUT2D eigenvalue weighted by atomic mass is 9.62. The van der Waals surface area contributed by atoms with Crippen LogP contribution in [0.3, 0.4) is 0 Å². The zero-order valence-electron chi connectivity index (χ0n) is 21.1. The molecule has 0 unspecified atom stereocenters. The number of hydrogen-bond donors (Lipinski definition) is 1. The lowest BCUT2D eigenvalue weighted by Gasteiger charge is -2.53. The highest BCUT2D eigenvalue weighted by Crippen LogP contribution is 2.51. The van der Waals surface area contributed by atoms with Gasteiger partial charge in [-0.2, -0.15) is 0 Å². The van der Waals surface area contributed by atoms with Crippen LogP contribution in [0.25, 0.3) is 11.1 Å². The van der Waals surface area contributed by atoms with Gasteiger partial charge in [-0.1, -0.05) is 43.3 Å². The minimum absolute atomic E-state index is 0.0149. The van der Waals surface area contributed by atoms with Crippen LogP contribution in [0.4, 0.5) is 5.69 Å². The van der Waals surface area contributed by atoms with E-state index in [1.54, 1.807) is 6.92 Å². The lowest BCUT2D eigenvalue weighted by Crippen LogP contribution is -2.54. The molecule has 2 aliphatic heterocycles. The van der Waals surface area contributed by atoms with Gasteiger partial charge in [0.2, 0.25) is 5.76 Å². The van der Waals surface area contributed by atoms with Crippen molar-refractivity contribution in [2.45, 2.75) is 63.4 Å². The van der Waals surface area contributed by atoms with E-state index in [1.165, 1.54) is 12.7 Å². The number of hydrogen-bond acceptors (Lipinski definition) is 6. The van der Waals surface area contributed by atoms with E-state index in [0.717, 1.165) is 36.8 Å². The number of aryl methyl sites for hydroxylation is 2. The van der Waals surface area contributed by atoms with Crippen molar-refractivity contribution in [1.82, 2.24) is 4.98 Å². The zero-order chi connectivity index (χ0) is 25.3. The maximum Gasteiger partial charge on any atom is 0.308 e. The molecule has 6 rings (SSSR count). The molecule has 1 amide bonds. The van der Waals surface area contributed by atoms with Gasteiger partial charge in [-0.25, -0.2) is 4.98 Å². The summed E-state index contributed by atoms with van der Waals surface area (Å²) in [7, 11) is 1.43. The predicted octanol–water partition coefficient (Wildman–Crippen LogP) is 5.61. The molecule has 2 saturated heterocycles. The number of nitrogens with zero attached hydrogens (tertiary/aromatic N) is 1. The van der Waals surface area contributed by atoms with Crippen molar-refractivity contribution in [3.05, 3.63) is 71.4 Å². The number of carbonyl (C=O) groups is 2. The number of carbonyl (C=O) groups excluding carboxylic acids is 2. The SMILES string of the molecule is CCc1nc(C)c(C(=O)Nc2ccc(-c3ccc(C45CCC(CC(=O)OC)(CC4)OC5)cc3)cc2)o1. The van der Waals surface area contributed by atoms with Crippen LogP contribution in [0.1, 0.15) is 66.7 Å². The molecule has 1 aromatic heterocycles. The van der Waals surface area contributed by atoms with Gasteiger partial charge in [-0.15, -0.1) is 0 Å². The smallest absolute Gasteiger partial charge is 0.308 e. The van der Waals surface area contributed by atoms with Crippen LogP contribution in [-0.2, 0) is 26.1 Å². The third-order valence-corrected chi connectivity index (χ3v) is 7.79. The third-order valence-electron chi connectivity index (χ3n) is 7.79. The average molecular weight is 489 g/mol. The van der Waals surface area contributed by atoms with E-state index in [9.17, 15) is 9.59 Å². The number of aromatic nitrogens is 1. The predicted molar refractivity (Wildman–Crippen MR) is 136 cm³/mol. The number of benzene rings is 2. The van der Waals surface area contributed by atoms with E-state index < -0.39 is 0 Å². The van der Waals surface area contributed by atoms with Crippen LogP contribution in [0.2, 0.25) is 0 Å². The van der Waals surface area contributed by atoms with E-state index in [1.807, 2.05) is 31.2 Å². The molecular formula is C29H32N2O5. The number of esters is 1. The Morgan fingerprint density at radius 1 is 1.00 bits per heavy atom. The van der Waals surface area contributed by atoms with Gasteiger partial charge < -0.3 is 19.2 Å². The number of amides is 1. The first kappa shape index (κ1) is 24.3. The standard InChI is InChI=1S/C29H32N2O5/c1-4-24-30-19(2)26(36-24)27(33)31-23-11-7-21(8-12-23)20-5-9-22(10-6-20)28-13-15-29(16-14-28,35-18-28)17-25(32)34-3/h5-12H,4,13-18H2,1-3H3,(H,31,33). The number of methoxy groups -OCH3 is 1. The molecule has 3 heterocycles. The molecule has 0 atom stereocenters. The summed E-state index contributed by atoms with van der Waals surface area (Å²) in [4.78, 5) is 28.7. The summed E-state index contributed by atoms with van der Waals surface area (Å²) >= 11 is 0. The van der Waals surface area contributed by atoms with E-state index in [4.69, 9.17) is 13.9 Å². The highest BCUT2D eigenvalue weighted by molar-refractivity contribution is 6.03. The van der Waals surface area contributed by atoms with Gasteiger partial charge in [-0.05, 0) is 61.4 Å². The fourth-order valence-corrected chi connectivity index (χ4v) is 5.46. The Balaban J connectivity index is 1.24. The molecule has 1 aliphatic carbocycles. The number of nitrogens with one attached hydrogen (secondary N) is 1. The summed E-state index contributed by atoms with van der Waals surface area (Å²) in [6, 6.07) is 16.5. The number of fused-ring (bicyclic) bond motifs is 3. The molecule has 1 N–H and O–H groups in total. The van der Waals surface area contributed by atoms with Crippen molar-refractivity contribution in [3.63, 3.8) is 0 Å². The molecule has 1 saturated carbocycles. The van der Waals surface area contributed by atoms with Gasteiger partial charge in [-0.3, -0.25) is 9.59 Å². The monoisotopic (exact) mass is 488 g/mol. The first-order chi connectivity index (χ1) is 17.4. The van der Waals surface area contributed by atoms with E-state index in [-0.39, 0.29) is 28.7 Å². The van der Waals surface area contributed by atoms with Crippen LogP contribution >= 0.6 is 0 Å². The van der Waals surface area contributed by atoms with Gasteiger partial charge in [0.05, 0.1) is 31.4 Å². The topological polar surface area (TPSA) is 90.7 Å². The van der Waals surface area contributed by atoms with Crippen LogP contribution in [0, 0.1) is 6.92 Å². The van der Waals surface area contributed by atoms with Crippen molar-refractivity contribution in [1.29, 1.82) is 0 Å². The second kappa shape index (κ2) is 9.54. The number of rotatable bonds is 7. The molecule has 3 fully saturated rings. The van der Waals surface area contributed by atoms with Gasteiger partial charge >= 0.3 is 5.97 Å². The molecule has 0 radical (unpaired) electrons.